The van der Waals surface area contributed by atoms with Gasteiger partial charge in [-0.2, -0.15) is 0 Å². The van der Waals surface area contributed by atoms with Gasteiger partial charge in [0.2, 0.25) is 0 Å². The molecule has 0 bridgehead atoms. The number of rotatable bonds is 5. The third kappa shape index (κ3) is 3.98. The van der Waals surface area contributed by atoms with Crippen molar-refractivity contribution in [1.82, 2.24) is 5.32 Å². The van der Waals surface area contributed by atoms with E-state index in [-0.39, 0.29) is 0 Å². The number of nitrogens with one attached hydrogen (secondary N) is 1. The Morgan fingerprint density at radius 3 is 2.74 bits per heavy atom. The van der Waals surface area contributed by atoms with Gasteiger partial charge in [-0.05, 0) is 28.8 Å². The molecule has 100 valence electrons. The highest BCUT2D eigenvalue weighted by molar-refractivity contribution is 5.83. The van der Waals surface area contributed by atoms with Gasteiger partial charge in [0.1, 0.15) is 0 Å². The molecule has 0 aliphatic rings. The molecule has 0 radical (unpaired) electrons. The highest BCUT2D eigenvalue weighted by atomic mass is 15.1. The summed E-state index contributed by atoms with van der Waals surface area (Å²) in [4.78, 5) is 4.36. The van der Waals surface area contributed by atoms with Crippen LogP contribution >= 0.6 is 0 Å². The number of nitrogens with zero attached hydrogens (tertiary/aromatic N) is 1. The van der Waals surface area contributed by atoms with Crippen molar-refractivity contribution in [3.05, 3.63) is 48.0 Å². The summed E-state index contributed by atoms with van der Waals surface area (Å²) in [5, 5.41) is 5.62. The Morgan fingerprint density at radius 1 is 1.16 bits per heavy atom. The molecule has 0 unspecified atom stereocenters. The monoisotopic (exact) mass is 255 g/mol. The van der Waals surface area contributed by atoms with Crippen molar-refractivity contribution in [2.45, 2.75) is 26.3 Å². The largest absolute Gasteiger partial charge is 0.370 e. The third-order valence-electron chi connectivity index (χ3n) is 3.08. The second-order valence-electron chi connectivity index (χ2n) is 4.66. The van der Waals surface area contributed by atoms with Crippen LogP contribution in [0.25, 0.3) is 10.8 Å². The second-order valence-corrected chi connectivity index (χ2v) is 4.66. The molecule has 2 rings (SSSR count). The predicted molar refractivity (Wildman–Crippen MR) is 82.2 cm³/mol. The average molecular weight is 255 g/mol. The molecule has 0 saturated carbocycles. The minimum atomic E-state index is 0.529. The topological polar surface area (TPSA) is 50.4 Å². The summed E-state index contributed by atoms with van der Waals surface area (Å²) in [5.41, 5.74) is 6.99. The summed E-state index contributed by atoms with van der Waals surface area (Å²) in [6.07, 6.45) is 2.27. The molecule has 3 N–H and O–H groups in total. The van der Waals surface area contributed by atoms with Gasteiger partial charge in [0.15, 0.2) is 5.96 Å². The van der Waals surface area contributed by atoms with Crippen molar-refractivity contribution in [3.63, 3.8) is 0 Å². The van der Waals surface area contributed by atoms with E-state index in [1.165, 1.54) is 16.3 Å². The molecule has 0 spiro atoms. The first-order chi connectivity index (χ1) is 9.29. The van der Waals surface area contributed by atoms with Crippen molar-refractivity contribution >= 4 is 16.7 Å². The maximum absolute atomic E-state index is 5.81. The summed E-state index contributed by atoms with van der Waals surface area (Å²) in [6, 6.07) is 14.7. The van der Waals surface area contributed by atoms with Crippen molar-refractivity contribution in [2.75, 3.05) is 6.54 Å². The van der Waals surface area contributed by atoms with Gasteiger partial charge in [-0.25, -0.2) is 4.99 Å². The van der Waals surface area contributed by atoms with Gasteiger partial charge in [-0.15, -0.1) is 0 Å². The van der Waals surface area contributed by atoms with Gasteiger partial charge in [0, 0.05) is 6.54 Å². The van der Waals surface area contributed by atoms with Crippen molar-refractivity contribution < 1.29 is 0 Å². The van der Waals surface area contributed by atoms with Crippen LogP contribution in [-0.2, 0) is 6.54 Å². The first-order valence-corrected chi connectivity index (χ1v) is 6.81. The molecule has 0 aliphatic heterocycles. The molecule has 0 atom stereocenters. The van der Waals surface area contributed by atoms with Crippen LogP contribution in [0.5, 0.6) is 0 Å². The van der Waals surface area contributed by atoms with E-state index < -0.39 is 0 Å². The van der Waals surface area contributed by atoms with Gasteiger partial charge in [-0.1, -0.05) is 49.7 Å². The SMILES string of the molecule is CCCCNC(N)=NCc1ccc2ccccc2c1. The van der Waals surface area contributed by atoms with Crippen LogP contribution in [-0.4, -0.2) is 12.5 Å². The lowest BCUT2D eigenvalue weighted by Gasteiger charge is -2.05. The Morgan fingerprint density at radius 2 is 1.95 bits per heavy atom. The van der Waals surface area contributed by atoms with E-state index >= 15 is 0 Å². The minimum Gasteiger partial charge on any atom is -0.370 e. The van der Waals surface area contributed by atoms with Gasteiger partial charge < -0.3 is 11.1 Å². The molecule has 0 amide bonds. The van der Waals surface area contributed by atoms with E-state index in [9.17, 15) is 0 Å². The van der Waals surface area contributed by atoms with Crippen LogP contribution in [0.3, 0.4) is 0 Å². The zero-order valence-electron chi connectivity index (χ0n) is 11.4. The fourth-order valence-corrected chi connectivity index (χ4v) is 1.96. The maximum atomic E-state index is 5.81. The van der Waals surface area contributed by atoms with Gasteiger partial charge >= 0.3 is 0 Å². The normalized spacial score (nSPS) is 11.7. The summed E-state index contributed by atoms with van der Waals surface area (Å²) in [5.74, 6) is 0.529. The van der Waals surface area contributed by atoms with Crippen LogP contribution in [0, 0.1) is 0 Å². The zero-order valence-corrected chi connectivity index (χ0v) is 11.4. The molecule has 3 heteroatoms. The average Bonchev–Trinajstić information content (AvgIpc) is 2.45. The Balaban J connectivity index is 1.99. The molecule has 2 aromatic rings. The molecule has 0 fully saturated rings. The van der Waals surface area contributed by atoms with E-state index in [1.807, 2.05) is 0 Å². The number of unbranched alkanes of at least 4 members (excludes halogenated alkanes) is 1. The van der Waals surface area contributed by atoms with Crippen molar-refractivity contribution in [3.8, 4) is 0 Å². The highest BCUT2D eigenvalue weighted by Gasteiger charge is 1.96. The Bertz CT molecular complexity index is 561. The van der Waals surface area contributed by atoms with Crippen LogP contribution in [0.15, 0.2) is 47.5 Å². The summed E-state index contributed by atoms with van der Waals surface area (Å²) in [7, 11) is 0. The molecular weight excluding hydrogens is 234 g/mol. The summed E-state index contributed by atoms with van der Waals surface area (Å²) in [6.45, 7) is 3.67. The maximum Gasteiger partial charge on any atom is 0.188 e. The Hall–Kier alpha value is -2.03. The number of nitrogens with two attached hydrogens (primary N) is 1. The molecule has 3 nitrogen and oxygen atoms in total. The molecule has 19 heavy (non-hydrogen) atoms. The smallest absolute Gasteiger partial charge is 0.188 e. The van der Waals surface area contributed by atoms with E-state index in [4.69, 9.17) is 5.73 Å². The first kappa shape index (κ1) is 13.4. The molecule has 0 aromatic heterocycles. The number of aliphatic imine (C=N–C) groups is 1. The lowest BCUT2D eigenvalue weighted by atomic mass is 10.1. The van der Waals surface area contributed by atoms with E-state index in [0.717, 1.165) is 19.4 Å². The Kier molecular flexibility index (Phi) is 4.78. The van der Waals surface area contributed by atoms with Gasteiger partial charge in [-0.3, -0.25) is 0 Å². The number of fused-ring (bicyclic) bond motifs is 1. The number of hydrogen-bond acceptors (Lipinski definition) is 1. The second kappa shape index (κ2) is 6.78. The van der Waals surface area contributed by atoms with E-state index in [1.54, 1.807) is 0 Å². The lowest BCUT2D eigenvalue weighted by molar-refractivity contribution is 0.748. The minimum absolute atomic E-state index is 0.529. The van der Waals surface area contributed by atoms with Gasteiger partial charge in [0.05, 0.1) is 6.54 Å². The molecular formula is C16H21N3. The highest BCUT2D eigenvalue weighted by Crippen LogP contribution is 2.15. The zero-order chi connectivity index (χ0) is 13.5. The van der Waals surface area contributed by atoms with Gasteiger partial charge in [0.25, 0.3) is 0 Å². The Labute approximate surface area is 114 Å². The lowest BCUT2D eigenvalue weighted by Crippen LogP contribution is -2.32. The third-order valence-corrected chi connectivity index (χ3v) is 3.08. The van der Waals surface area contributed by atoms with E-state index in [2.05, 4.69) is 59.7 Å². The summed E-state index contributed by atoms with van der Waals surface area (Å²) < 4.78 is 0. The molecule has 2 aromatic carbocycles. The molecule has 0 aliphatic carbocycles. The fraction of sp³-hybridized carbons (Fsp3) is 0.312. The number of benzene rings is 2. The number of hydrogen-bond donors (Lipinski definition) is 2. The summed E-state index contributed by atoms with van der Waals surface area (Å²) >= 11 is 0. The van der Waals surface area contributed by atoms with Crippen LogP contribution in [0.1, 0.15) is 25.3 Å². The van der Waals surface area contributed by atoms with E-state index in [0.29, 0.717) is 12.5 Å². The quantitative estimate of drug-likeness (QED) is 0.490. The number of guanidine groups is 1. The van der Waals surface area contributed by atoms with Crippen molar-refractivity contribution in [1.29, 1.82) is 0 Å². The standard InChI is InChI=1S/C16H21N3/c1-2-3-10-18-16(17)19-12-13-8-9-14-6-4-5-7-15(14)11-13/h4-9,11H,2-3,10,12H2,1H3,(H3,17,18,19). The predicted octanol–water partition coefficient (Wildman–Crippen LogP) is 3.04. The van der Waals surface area contributed by atoms with Crippen molar-refractivity contribution in [2.24, 2.45) is 10.7 Å². The van der Waals surface area contributed by atoms with Crippen LogP contribution in [0.4, 0.5) is 0 Å². The van der Waals surface area contributed by atoms with Crippen LogP contribution < -0.4 is 11.1 Å². The first-order valence-electron chi connectivity index (χ1n) is 6.81. The molecule has 0 heterocycles. The van der Waals surface area contributed by atoms with Crippen LogP contribution in [0.2, 0.25) is 0 Å². The fourth-order valence-electron chi connectivity index (χ4n) is 1.96. The molecule has 0 saturated heterocycles.